The maximum atomic E-state index is 12.3. The van der Waals surface area contributed by atoms with Crippen molar-refractivity contribution in [1.29, 1.82) is 0 Å². The van der Waals surface area contributed by atoms with Crippen LogP contribution in [-0.2, 0) is 9.53 Å². The van der Waals surface area contributed by atoms with Gasteiger partial charge in [0, 0.05) is 45.3 Å². The van der Waals surface area contributed by atoms with E-state index >= 15 is 0 Å². The number of piperidine rings is 1. The second-order valence-corrected chi connectivity index (χ2v) is 7.25. The topological polar surface area (TPSA) is 44.8 Å². The van der Waals surface area contributed by atoms with Gasteiger partial charge < -0.3 is 15.0 Å². The fraction of sp³-hybridized carbons (Fsp3) is 0.938. The van der Waals surface area contributed by atoms with Crippen LogP contribution in [0.2, 0.25) is 0 Å². The van der Waals surface area contributed by atoms with E-state index in [2.05, 4.69) is 22.0 Å². The van der Waals surface area contributed by atoms with E-state index in [4.69, 9.17) is 4.74 Å². The van der Waals surface area contributed by atoms with Gasteiger partial charge in [0.05, 0.1) is 5.92 Å². The Morgan fingerprint density at radius 1 is 1.19 bits per heavy atom. The van der Waals surface area contributed by atoms with Crippen LogP contribution in [0, 0.1) is 5.92 Å². The summed E-state index contributed by atoms with van der Waals surface area (Å²) in [6.07, 6.45) is 0.925. The van der Waals surface area contributed by atoms with Gasteiger partial charge in [0.1, 0.15) is 5.60 Å². The highest BCUT2D eigenvalue weighted by atomic mass is 16.6. The molecule has 2 saturated heterocycles. The lowest BCUT2D eigenvalue weighted by molar-refractivity contribution is -0.161. The van der Waals surface area contributed by atoms with Gasteiger partial charge in [-0.2, -0.15) is 0 Å². The lowest BCUT2D eigenvalue weighted by Crippen LogP contribution is -2.56. The normalized spacial score (nSPS) is 29.3. The molecule has 0 aliphatic carbocycles. The Kier molecular flexibility index (Phi) is 5.63. The molecule has 0 unspecified atom stereocenters. The molecule has 2 aliphatic heterocycles. The first kappa shape index (κ1) is 16.7. The predicted octanol–water partition coefficient (Wildman–Crippen LogP) is 0.944. The fourth-order valence-corrected chi connectivity index (χ4v) is 3.21. The molecule has 0 radical (unpaired) electrons. The second kappa shape index (κ2) is 7.07. The largest absolute Gasteiger partial charge is 0.460 e. The van der Waals surface area contributed by atoms with Crippen molar-refractivity contribution in [3.63, 3.8) is 0 Å². The Morgan fingerprint density at radius 2 is 1.86 bits per heavy atom. The van der Waals surface area contributed by atoms with Gasteiger partial charge in [-0.15, -0.1) is 0 Å². The summed E-state index contributed by atoms with van der Waals surface area (Å²) < 4.78 is 5.54. The smallest absolute Gasteiger partial charge is 0.310 e. The molecule has 0 aromatic carbocycles. The number of nitrogens with one attached hydrogen (secondary N) is 1. The van der Waals surface area contributed by atoms with Crippen LogP contribution in [0.1, 0.15) is 34.1 Å². The average Bonchev–Trinajstić information content (AvgIpc) is 2.46. The predicted molar refractivity (Wildman–Crippen MR) is 84.3 cm³/mol. The van der Waals surface area contributed by atoms with Gasteiger partial charge in [-0.3, -0.25) is 9.69 Å². The summed E-state index contributed by atoms with van der Waals surface area (Å²) in [5.41, 5.74) is -0.392. The minimum Gasteiger partial charge on any atom is -0.460 e. The fourth-order valence-electron chi connectivity index (χ4n) is 3.21. The number of hydrogen-bond donors (Lipinski definition) is 1. The molecule has 0 aromatic heterocycles. The molecule has 5 heteroatoms. The zero-order valence-corrected chi connectivity index (χ0v) is 14.0. The van der Waals surface area contributed by atoms with Gasteiger partial charge in [0.25, 0.3) is 0 Å². The second-order valence-electron chi connectivity index (χ2n) is 7.25. The van der Waals surface area contributed by atoms with E-state index in [1.807, 2.05) is 20.8 Å². The average molecular weight is 297 g/mol. The number of carbonyl (C=O) groups is 1. The van der Waals surface area contributed by atoms with Crippen molar-refractivity contribution >= 4 is 5.97 Å². The number of piperazine rings is 1. The molecule has 1 N–H and O–H groups in total. The van der Waals surface area contributed by atoms with Gasteiger partial charge in [-0.25, -0.2) is 0 Å². The van der Waals surface area contributed by atoms with E-state index in [0.717, 1.165) is 52.2 Å². The highest BCUT2D eigenvalue weighted by molar-refractivity contribution is 5.73. The standard InChI is InChI=1S/C16H31N3O2/c1-5-18-6-8-19(9-7-18)14-10-13(11-17-12-14)15(20)21-16(2,3)4/h13-14,17H,5-12H2,1-4H3/t13-,14+/m0/s1. The van der Waals surface area contributed by atoms with Crippen LogP contribution in [0.25, 0.3) is 0 Å². The van der Waals surface area contributed by atoms with E-state index in [1.54, 1.807) is 0 Å². The highest BCUT2D eigenvalue weighted by Gasteiger charge is 2.34. The lowest BCUT2D eigenvalue weighted by Gasteiger charge is -2.42. The maximum absolute atomic E-state index is 12.3. The number of nitrogens with zero attached hydrogens (tertiary/aromatic N) is 2. The van der Waals surface area contributed by atoms with Gasteiger partial charge >= 0.3 is 5.97 Å². The third kappa shape index (κ3) is 4.94. The molecule has 2 fully saturated rings. The quantitative estimate of drug-likeness (QED) is 0.786. The van der Waals surface area contributed by atoms with Crippen LogP contribution in [0.4, 0.5) is 0 Å². The van der Waals surface area contributed by atoms with E-state index in [-0.39, 0.29) is 11.9 Å². The summed E-state index contributed by atoms with van der Waals surface area (Å²) >= 11 is 0. The Balaban J connectivity index is 1.85. The van der Waals surface area contributed by atoms with Gasteiger partial charge in [0.15, 0.2) is 0 Å². The molecule has 0 saturated carbocycles. The van der Waals surface area contributed by atoms with Crippen LogP contribution in [-0.4, -0.2) is 73.2 Å². The molecule has 5 nitrogen and oxygen atoms in total. The molecular formula is C16H31N3O2. The van der Waals surface area contributed by atoms with Gasteiger partial charge in [0.2, 0.25) is 0 Å². The SMILES string of the molecule is CCN1CCN([C@H]2CNC[C@@H](C(=O)OC(C)(C)C)C2)CC1. The van der Waals surface area contributed by atoms with Crippen molar-refractivity contribution in [2.24, 2.45) is 5.92 Å². The molecule has 122 valence electrons. The zero-order chi connectivity index (χ0) is 15.5. The lowest BCUT2D eigenvalue weighted by atomic mass is 9.94. The molecule has 2 aliphatic rings. The number of likely N-dealkylation sites (N-methyl/N-ethyl adjacent to an activating group) is 1. The minimum atomic E-state index is -0.392. The zero-order valence-electron chi connectivity index (χ0n) is 14.0. The number of hydrogen-bond acceptors (Lipinski definition) is 5. The Morgan fingerprint density at radius 3 is 2.43 bits per heavy atom. The third-order valence-corrected chi connectivity index (χ3v) is 4.44. The summed E-state index contributed by atoms with van der Waals surface area (Å²) in [5.74, 6) is -0.0564. The Bertz CT molecular complexity index is 346. The number of ether oxygens (including phenoxy) is 1. The van der Waals surface area contributed by atoms with Crippen molar-refractivity contribution in [3.05, 3.63) is 0 Å². The van der Waals surface area contributed by atoms with Crippen LogP contribution in [0.3, 0.4) is 0 Å². The summed E-state index contributed by atoms with van der Waals surface area (Å²) in [7, 11) is 0. The Hall–Kier alpha value is -0.650. The van der Waals surface area contributed by atoms with Crippen molar-refractivity contribution in [2.75, 3.05) is 45.8 Å². The minimum absolute atomic E-state index is 0.00724. The molecule has 21 heavy (non-hydrogen) atoms. The van der Waals surface area contributed by atoms with Gasteiger partial charge in [-0.05, 0) is 33.7 Å². The van der Waals surface area contributed by atoms with E-state index < -0.39 is 5.60 Å². The number of esters is 1. The summed E-state index contributed by atoms with van der Waals surface area (Å²) in [6.45, 7) is 15.4. The van der Waals surface area contributed by atoms with Crippen LogP contribution in [0.5, 0.6) is 0 Å². The third-order valence-electron chi connectivity index (χ3n) is 4.44. The molecule has 0 spiro atoms. The van der Waals surface area contributed by atoms with Crippen molar-refractivity contribution in [1.82, 2.24) is 15.1 Å². The molecule has 2 heterocycles. The highest BCUT2D eigenvalue weighted by Crippen LogP contribution is 2.21. The van der Waals surface area contributed by atoms with Crippen LogP contribution < -0.4 is 5.32 Å². The Labute approximate surface area is 129 Å². The first-order valence-corrected chi connectivity index (χ1v) is 8.29. The molecule has 2 atom stereocenters. The first-order chi connectivity index (χ1) is 9.89. The monoisotopic (exact) mass is 297 g/mol. The van der Waals surface area contributed by atoms with E-state index in [9.17, 15) is 4.79 Å². The van der Waals surface area contributed by atoms with E-state index in [1.165, 1.54) is 0 Å². The summed E-state index contributed by atoms with van der Waals surface area (Å²) in [4.78, 5) is 17.3. The number of carbonyl (C=O) groups excluding carboxylic acids is 1. The summed E-state index contributed by atoms with van der Waals surface area (Å²) in [6, 6.07) is 0.468. The number of rotatable bonds is 3. The van der Waals surface area contributed by atoms with Crippen molar-refractivity contribution in [2.45, 2.75) is 45.8 Å². The summed E-state index contributed by atoms with van der Waals surface area (Å²) in [5, 5.41) is 3.42. The molecular weight excluding hydrogens is 266 g/mol. The van der Waals surface area contributed by atoms with Gasteiger partial charge in [-0.1, -0.05) is 6.92 Å². The molecule has 2 rings (SSSR count). The molecule has 0 aromatic rings. The van der Waals surface area contributed by atoms with Crippen molar-refractivity contribution < 1.29 is 9.53 Å². The maximum Gasteiger partial charge on any atom is 0.310 e. The molecule has 0 bridgehead atoms. The first-order valence-electron chi connectivity index (χ1n) is 8.29. The molecule has 0 amide bonds. The van der Waals surface area contributed by atoms with E-state index in [0.29, 0.717) is 6.04 Å². The van der Waals surface area contributed by atoms with Crippen LogP contribution in [0.15, 0.2) is 0 Å². The van der Waals surface area contributed by atoms with Crippen molar-refractivity contribution in [3.8, 4) is 0 Å². The van der Waals surface area contributed by atoms with Crippen LogP contribution >= 0.6 is 0 Å².